The van der Waals surface area contributed by atoms with Gasteiger partial charge < -0.3 is 9.64 Å². The number of ether oxygens (including phenoxy) is 1. The van der Waals surface area contributed by atoms with Crippen LogP contribution in [-0.4, -0.2) is 39.1 Å². The molecule has 2 aliphatic heterocycles. The second-order valence-electron chi connectivity index (χ2n) is 11.2. The molecule has 0 aliphatic carbocycles. The van der Waals surface area contributed by atoms with E-state index >= 15 is 0 Å². The minimum Gasteiger partial charge on any atom is -0.420 e. The normalized spacial score (nSPS) is 18.1. The molecule has 3 heterocycles. The Hall–Kier alpha value is -4.26. The minimum absolute atomic E-state index is 0.0294. The topological polar surface area (TPSA) is 81.5 Å². The van der Waals surface area contributed by atoms with Crippen molar-refractivity contribution in [3.63, 3.8) is 0 Å². The predicted molar refractivity (Wildman–Crippen MR) is 156 cm³/mol. The van der Waals surface area contributed by atoms with E-state index in [1.54, 1.807) is 18.5 Å². The third-order valence-corrected chi connectivity index (χ3v) is 7.90. The van der Waals surface area contributed by atoms with Crippen molar-refractivity contribution in [2.45, 2.75) is 58.5 Å². The van der Waals surface area contributed by atoms with E-state index in [2.05, 4.69) is 42.5 Å². The first-order valence-electron chi connectivity index (χ1n) is 13.7. The van der Waals surface area contributed by atoms with Gasteiger partial charge in [0.15, 0.2) is 5.69 Å². The molecule has 0 bridgehead atoms. The van der Waals surface area contributed by atoms with Gasteiger partial charge in [-0.15, -0.1) is 0 Å². The molecule has 7 nitrogen and oxygen atoms in total. The van der Waals surface area contributed by atoms with Crippen molar-refractivity contribution >= 4 is 23.0 Å². The number of esters is 1. The zero-order valence-corrected chi connectivity index (χ0v) is 23.5. The van der Waals surface area contributed by atoms with Gasteiger partial charge in [0.2, 0.25) is 11.2 Å². The number of carbonyl (C=O) groups excluding carboxylic acids is 2. The maximum atomic E-state index is 13.9. The maximum Gasteiger partial charge on any atom is 0.313 e. The second kappa shape index (κ2) is 10.7. The van der Waals surface area contributed by atoms with E-state index in [0.717, 1.165) is 52.4 Å². The van der Waals surface area contributed by atoms with Gasteiger partial charge in [-0.2, -0.15) is 5.10 Å². The minimum atomic E-state index is -0.588. The summed E-state index contributed by atoms with van der Waals surface area (Å²) in [6.07, 6.45) is 2.78. The number of amides is 1. The third-order valence-electron chi connectivity index (χ3n) is 7.90. The van der Waals surface area contributed by atoms with Gasteiger partial charge >= 0.3 is 5.97 Å². The first-order valence-corrected chi connectivity index (χ1v) is 13.7. The summed E-state index contributed by atoms with van der Waals surface area (Å²) >= 11 is 0. The van der Waals surface area contributed by atoms with Crippen molar-refractivity contribution in [1.82, 2.24) is 14.7 Å². The number of hydrogen-bond donors (Lipinski definition) is 0. The highest BCUT2D eigenvalue weighted by molar-refractivity contribution is 5.97. The van der Waals surface area contributed by atoms with E-state index in [1.807, 2.05) is 43.0 Å². The summed E-state index contributed by atoms with van der Waals surface area (Å²) in [6.45, 7) is 16.2. The Morgan fingerprint density at radius 2 is 1.60 bits per heavy atom. The van der Waals surface area contributed by atoms with Crippen molar-refractivity contribution in [2.24, 2.45) is 5.92 Å². The zero-order chi connectivity index (χ0) is 28.7. The molecule has 40 heavy (non-hydrogen) atoms. The van der Waals surface area contributed by atoms with Crippen LogP contribution in [0.15, 0.2) is 72.7 Å². The maximum absolute atomic E-state index is 13.9. The highest BCUT2D eigenvalue weighted by atomic mass is 16.5. The summed E-state index contributed by atoms with van der Waals surface area (Å²) in [5, 5.41) is 4.54. The lowest BCUT2D eigenvalue weighted by molar-refractivity contribution is -0.137. The van der Waals surface area contributed by atoms with Gasteiger partial charge in [0, 0.05) is 12.5 Å². The Morgan fingerprint density at radius 3 is 2.15 bits per heavy atom. The molecular weight excluding hydrogens is 502 g/mol. The predicted octanol–water partition coefficient (Wildman–Crippen LogP) is 5.86. The summed E-state index contributed by atoms with van der Waals surface area (Å²) in [7, 11) is 0. The molecule has 0 unspecified atom stereocenters. The van der Waals surface area contributed by atoms with E-state index in [4.69, 9.17) is 4.74 Å². The van der Waals surface area contributed by atoms with Crippen LogP contribution in [0.2, 0.25) is 0 Å². The number of rotatable bonds is 7. The number of carbonyl (C=O) groups is 2. The Bertz CT molecular complexity index is 1530. The molecule has 0 N–H and O–H groups in total. The first-order chi connectivity index (χ1) is 19.1. The third kappa shape index (κ3) is 4.81. The number of nitrogens with zero attached hydrogens (tertiary/aromatic N) is 3. The van der Waals surface area contributed by atoms with Crippen LogP contribution in [0, 0.1) is 5.92 Å². The second-order valence-corrected chi connectivity index (χ2v) is 11.2. The fraction of sp³-hybridized carbons (Fsp3) is 0.333. The van der Waals surface area contributed by atoms with Crippen LogP contribution in [0.25, 0.3) is 11.1 Å². The monoisotopic (exact) mass is 537 g/mol. The van der Waals surface area contributed by atoms with Gasteiger partial charge in [-0.05, 0) is 48.9 Å². The van der Waals surface area contributed by atoms with Gasteiger partial charge in [0.25, 0.3) is 5.91 Å². The van der Waals surface area contributed by atoms with Crippen molar-refractivity contribution in [3.8, 4) is 5.75 Å². The molecule has 2 aromatic carbocycles. The molecule has 1 fully saturated rings. The SMILES string of the molecule is C=C(C)c1cccc(C(c2cccc(C(=C)C)c2)[C@H]2[C@H]3CCCN3C(=O)c3c(OC(=O)C(C)C)c(=O)cnn32)c1. The zero-order valence-electron chi connectivity index (χ0n) is 23.5. The van der Waals surface area contributed by atoms with Crippen LogP contribution >= 0.6 is 0 Å². The lowest BCUT2D eigenvalue weighted by Crippen LogP contribution is -2.51. The smallest absolute Gasteiger partial charge is 0.313 e. The number of fused-ring (bicyclic) bond motifs is 2. The number of allylic oxidation sites excluding steroid dienone is 2. The molecule has 7 heteroatoms. The van der Waals surface area contributed by atoms with Crippen molar-refractivity contribution < 1.29 is 14.3 Å². The molecule has 1 aromatic heterocycles. The fourth-order valence-electron chi connectivity index (χ4n) is 5.83. The van der Waals surface area contributed by atoms with Crippen molar-refractivity contribution in [1.29, 1.82) is 0 Å². The number of hydrogen-bond acceptors (Lipinski definition) is 5. The first kappa shape index (κ1) is 27.3. The van der Waals surface area contributed by atoms with E-state index < -0.39 is 17.3 Å². The van der Waals surface area contributed by atoms with Gasteiger partial charge in [-0.1, -0.05) is 86.7 Å². The summed E-state index contributed by atoms with van der Waals surface area (Å²) in [5.74, 6) is -1.86. The summed E-state index contributed by atoms with van der Waals surface area (Å²) in [5.41, 5.74) is 5.46. The molecular formula is C33H35N3O4. The Balaban J connectivity index is 1.79. The molecule has 2 aliphatic rings. The molecule has 2 atom stereocenters. The largest absolute Gasteiger partial charge is 0.420 e. The van der Waals surface area contributed by atoms with Gasteiger partial charge in [0.05, 0.1) is 24.2 Å². The van der Waals surface area contributed by atoms with Crippen molar-refractivity contribution in [3.05, 3.63) is 106 Å². The van der Waals surface area contributed by atoms with Crippen molar-refractivity contribution in [2.75, 3.05) is 6.54 Å². The molecule has 0 spiro atoms. The van der Waals surface area contributed by atoms with E-state index in [1.165, 1.54) is 0 Å². The number of benzene rings is 2. The Kier molecular flexibility index (Phi) is 7.32. The summed E-state index contributed by atoms with van der Waals surface area (Å²) in [6, 6.07) is 16.0. The van der Waals surface area contributed by atoms with Crippen LogP contribution in [0.5, 0.6) is 5.75 Å². The van der Waals surface area contributed by atoms with Crippen LogP contribution in [0.1, 0.15) is 85.2 Å². The Morgan fingerprint density at radius 1 is 1.00 bits per heavy atom. The lowest BCUT2D eigenvalue weighted by Gasteiger charge is -2.43. The highest BCUT2D eigenvalue weighted by Crippen LogP contribution is 2.46. The van der Waals surface area contributed by atoms with E-state index in [-0.39, 0.29) is 35.4 Å². The van der Waals surface area contributed by atoms with E-state index in [0.29, 0.717) is 6.54 Å². The average Bonchev–Trinajstić information content (AvgIpc) is 3.42. The standard InChI is InChI=1S/C33H35N3O4/c1-19(2)22-10-7-12-24(16-22)28(25-13-8-11-23(17-25)20(3)4)29-26-14-9-15-35(26)32(38)30-31(40-33(39)21(5)6)27(37)18-34-36(29)30/h7-8,10-13,16-18,21,26,28-29H,1,3,9,14-15H2,2,4-6H3/t26-,29-/m1/s1. The fourth-order valence-corrected chi connectivity index (χ4v) is 5.83. The molecule has 0 saturated carbocycles. The van der Waals surface area contributed by atoms with Crippen LogP contribution < -0.4 is 10.2 Å². The molecule has 5 rings (SSSR count). The molecule has 206 valence electrons. The van der Waals surface area contributed by atoms with Gasteiger partial charge in [0.1, 0.15) is 0 Å². The lowest BCUT2D eigenvalue weighted by atomic mass is 9.78. The number of aromatic nitrogens is 2. The van der Waals surface area contributed by atoms with E-state index in [9.17, 15) is 14.4 Å². The van der Waals surface area contributed by atoms with Crippen LogP contribution in [0.3, 0.4) is 0 Å². The quantitative estimate of drug-likeness (QED) is 0.353. The molecule has 0 radical (unpaired) electrons. The van der Waals surface area contributed by atoms with Gasteiger partial charge in [-0.3, -0.25) is 14.4 Å². The van der Waals surface area contributed by atoms with Gasteiger partial charge in [-0.25, -0.2) is 4.68 Å². The summed E-state index contributed by atoms with van der Waals surface area (Å²) < 4.78 is 7.23. The van der Waals surface area contributed by atoms with Crippen LogP contribution in [-0.2, 0) is 4.79 Å². The highest BCUT2D eigenvalue weighted by Gasteiger charge is 2.48. The summed E-state index contributed by atoms with van der Waals surface area (Å²) in [4.78, 5) is 41.3. The Labute approximate surface area is 234 Å². The molecule has 3 aromatic rings. The molecule has 1 amide bonds. The molecule has 1 saturated heterocycles. The average molecular weight is 538 g/mol. The van der Waals surface area contributed by atoms with Crippen LogP contribution in [0.4, 0.5) is 0 Å².